The molecule has 0 atom stereocenters. The van der Waals surface area contributed by atoms with Crippen LogP contribution in [0.3, 0.4) is 0 Å². The van der Waals surface area contributed by atoms with Gasteiger partial charge in [0.05, 0.1) is 16.7 Å². The number of methoxy groups -OCH3 is 1. The van der Waals surface area contributed by atoms with E-state index in [1.165, 1.54) is 0 Å². The van der Waals surface area contributed by atoms with Crippen LogP contribution < -0.4 is 4.74 Å². The lowest BCUT2D eigenvalue weighted by Gasteiger charge is -2.10. The van der Waals surface area contributed by atoms with Gasteiger partial charge in [-0.1, -0.05) is 23.2 Å². The van der Waals surface area contributed by atoms with E-state index in [0.717, 1.165) is 0 Å². The lowest BCUT2D eigenvalue weighted by atomic mass is 10.1. The molecule has 1 aromatic heterocycles. The number of rotatable bonds is 6. The fraction of sp³-hybridized carbons (Fsp3) is 0.214. The van der Waals surface area contributed by atoms with Gasteiger partial charge < -0.3 is 13.9 Å². The van der Waals surface area contributed by atoms with Crippen LogP contribution in [0.25, 0.3) is 11.3 Å². The first-order valence-electron chi connectivity index (χ1n) is 5.82. The maximum Gasteiger partial charge on any atom is 0.185 e. The molecule has 0 aliphatic carbocycles. The van der Waals surface area contributed by atoms with Crippen molar-refractivity contribution < 1.29 is 18.7 Å². The Kier molecular flexibility index (Phi) is 5.06. The molecule has 0 N–H and O–H groups in total. The molecule has 1 heterocycles. The molecular formula is C14H12Cl2O4. The van der Waals surface area contributed by atoms with Crippen molar-refractivity contribution in [2.45, 2.75) is 0 Å². The van der Waals surface area contributed by atoms with Crippen molar-refractivity contribution in [2.24, 2.45) is 0 Å². The van der Waals surface area contributed by atoms with E-state index in [0.29, 0.717) is 46.6 Å². The first kappa shape index (κ1) is 14.9. The molecule has 6 heteroatoms. The highest BCUT2D eigenvalue weighted by atomic mass is 35.5. The standard InChI is InChI=1S/C14H12Cl2O4/c1-18-4-5-19-14-6-10(11(15)7-12(14)16)13-3-2-9(8-17)20-13/h2-3,6-8H,4-5H2,1H3. The van der Waals surface area contributed by atoms with Gasteiger partial charge in [0, 0.05) is 12.7 Å². The second-order valence-electron chi connectivity index (χ2n) is 3.92. The molecule has 20 heavy (non-hydrogen) atoms. The van der Waals surface area contributed by atoms with E-state index < -0.39 is 0 Å². The van der Waals surface area contributed by atoms with Crippen molar-refractivity contribution in [3.63, 3.8) is 0 Å². The topological polar surface area (TPSA) is 48.7 Å². The van der Waals surface area contributed by atoms with E-state index in [1.54, 1.807) is 31.4 Å². The minimum absolute atomic E-state index is 0.230. The molecule has 0 radical (unpaired) electrons. The number of ether oxygens (including phenoxy) is 2. The number of halogens is 2. The molecule has 0 spiro atoms. The number of carbonyl (C=O) groups is 1. The first-order valence-corrected chi connectivity index (χ1v) is 6.57. The Morgan fingerprint density at radius 3 is 2.65 bits per heavy atom. The molecule has 0 unspecified atom stereocenters. The third-order valence-corrected chi connectivity index (χ3v) is 3.18. The quantitative estimate of drug-likeness (QED) is 0.595. The van der Waals surface area contributed by atoms with E-state index in [2.05, 4.69) is 0 Å². The fourth-order valence-electron chi connectivity index (χ4n) is 1.62. The second-order valence-corrected chi connectivity index (χ2v) is 4.74. The fourth-order valence-corrected chi connectivity index (χ4v) is 2.16. The molecule has 0 saturated carbocycles. The van der Waals surface area contributed by atoms with Gasteiger partial charge in [-0.25, -0.2) is 0 Å². The average Bonchev–Trinajstić information content (AvgIpc) is 2.90. The minimum atomic E-state index is 0.230. The molecule has 0 amide bonds. The molecule has 0 saturated heterocycles. The normalized spacial score (nSPS) is 10.6. The summed E-state index contributed by atoms with van der Waals surface area (Å²) in [4.78, 5) is 10.6. The number of hydrogen-bond donors (Lipinski definition) is 0. The summed E-state index contributed by atoms with van der Waals surface area (Å²) < 4.78 is 15.8. The van der Waals surface area contributed by atoms with Gasteiger partial charge in [-0.2, -0.15) is 0 Å². The number of benzene rings is 1. The van der Waals surface area contributed by atoms with Gasteiger partial charge in [-0.15, -0.1) is 0 Å². The van der Waals surface area contributed by atoms with Crippen molar-refractivity contribution in [1.82, 2.24) is 0 Å². The highest BCUT2D eigenvalue weighted by Crippen LogP contribution is 2.37. The van der Waals surface area contributed by atoms with Crippen LogP contribution in [0.1, 0.15) is 10.6 Å². The van der Waals surface area contributed by atoms with Crippen LogP contribution in [0.4, 0.5) is 0 Å². The summed E-state index contributed by atoms with van der Waals surface area (Å²) in [5.74, 6) is 1.19. The van der Waals surface area contributed by atoms with Crippen molar-refractivity contribution in [3.8, 4) is 17.1 Å². The van der Waals surface area contributed by atoms with Gasteiger partial charge in [0.25, 0.3) is 0 Å². The van der Waals surface area contributed by atoms with Crippen LogP contribution in [-0.2, 0) is 4.74 Å². The second kappa shape index (κ2) is 6.79. The zero-order valence-electron chi connectivity index (χ0n) is 10.7. The van der Waals surface area contributed by atoms with Crippen LogP contribution in [0, 0.1) is 0 Å². The Morgan fingerprint density at radius 2 is 2.00 bits per heavy atom. The van der Waals surface area contributed by atoms with Gasteiger partial charge in [0.15, 0.2) is 12.0 Å². The van der Waals surface area contributed by atoms with E-state index in [9.17, 15) is 4.79 Å². The average molecular weight is 315 g/mol. The van der Waals surface area contributed by atoms with Crippen LogP contribution in [-0.4, -0.2) is 26.6 Å². The van der Waals surface area contributed by atoms with Crippen molar-refractivity contribution >= 4 is 29.5 Å². The third-order valence-electron chi connectivity index (χ3n) is 2.57. The van der Waals surface area contributed by atoms with Crippen molar-refractivity contribution in [3.05, 3.63) is 40.1 Å². The predicted octanol–water partition coefficient (Wildman–Crippen LogP) is 4.09. The first-order chi connectivity index (χ1) is 9.65. The van der Waals surface area contributed by atoms with Crippen LogP contribution in [0.15, 0.2) is 28.7 Å². The highest BCUT2D eigenvalue weighted by molar-refractivity contribution is 6.37. The van der Waals surface area contributed by atoms with Crippen molar-refractivity contribution in [2.75, 3.05) is 20.3 Å². The van der Waals surface area contributed by atoms with E-state index >= 15 is 0 Å². The Labute approximate surface area is 126 Å². The summed E-state index contributed by atoms with van der Waals surface area (Å²) in [6, 6.07) is 6.48. The number of carbonyl (C=O) groups excluding carboxylic acids is 1. The van der Waals surface area contributed by atoms with Gasteiger partial charge >= 0.3 is 0 Å². The van der Waals surface area contributed by atoms with Crippen LogP contribution in [0.2, 0.25) is 10.0 Å². The zero-order valence-corrected chi connectivity index (χ0v) is 12.2. The smallest absolute Gasteiger partial charge is 0.185 e. The SMILES string of the molecule is COCCOc1cc(-c2ccc(C=O)o2)c(Cl)cc1Cl. The minimum Gasteiger partial charge on any atom is -0.490 e. The molecule has 0 bridgehead atoms. The van der Waals surface area contributed by atoms with Crippen LogP contribution in [0.5, 0.6) is 5.75 Å². The summed E-state index contributed by atoms with van der Waals surface area (Å²) in [7, 11) is 1.59. The lowest BCUT2D eigenvalue weighted by molar-refractivity contribution is 0.110. The van der Waals surface area contributed by atoms with E-state index in [-0.39, 0.29) is 5.76 Å². The summed E-state index contributed by atoms with van der Waals surface area (Å²) in [5, 5.41) is 0.818. The lowest BCUT2D eigenvalue weighted by Crippen LogP contribution is -2.04. The number of furan rings is 1. The molecule has 106 valence electrons. The Hall–Kier alpha value is -1.49. The van der Waals surface area contributed by atoms with E-state index in [4.69, 9.17) is 37.1 Å². The largest absolute Gasteiger partial charge is 0.490 e. The van der Waals surface area contributed by atoms with Crippen LogP contribution >= 0.6 is 23.2 Å². The Balaban J connectivity index is 2.32. The summed E-state index contributed by atoms with van der Waals surface area (Å²) in [6.45, 7) is 0.819. The summed E-state index contributed by atoms with van der Waals surface area (Å²) >= 11 is 12.2. The number of aldehydes is 1. The molecule has 0 aliphatic rings. The highest BCUT2D eigenvalue weighted by Gasteiger charge is 2.13. The molecule has 2 rings (SSSR count). The zero-order chi connectivity index (χ0) is 14.5. The third kappa shape index (κ3) is 3.33. The van der Waals surface area contributed by atoms with E-state index in [1.807, 2.05) is 0 Å². The Morgan fingerprint density at radius 1 is 1.20 bits per heavy atom. The molecule has 0 aliphatic heterocycles. The summed E-state index contributed by atoms with van der Waals surface area (Å²) in [5.41, 5.74) is 0.608. The summed E-state index contributed by atoms with van der Waals surface area (Å²) in [6.07, 6.45) is 0.628. The van der Waals surface area contributed by atoms with Crippen molar-refractivity contribution in [1.29, 1.82) is 0 Å². The Bertz CT molecular complexity index is 607. The van der Waals surface area contributed by atoms with Gasteiger partial charge in [-0.3, -0.25) is 4.79 Å². The van der Waals surface area contributed by atoms with Gasteiger partial charge in [-0.05, 0) is 24.3 Å². The van der Waals surface area contributed by atoms with Gasteiger partial charge in [0.1, 0.15) is 18.1 Å². The molecule has 2 aromatic rings. The van der Waals surface area contributed by atoms with Gasteiger partial charge in [0.2, 0.25) is 0 Å². The monoisotopic (exact) mass is 314 g/mol. The molecule has 4 nitrogen and oxygen atoms in total. The molecule has 1 aromatic carbocycles. The molecular weight excluding hydrogens is 303 g/mol. The maximum absolute atomic E-state index is 10.6. The number of hydrogen-bond acceptors (Lipinski definition) is 4. The maximum atomic E-state index is 10.6. The molecule has 0 fully saturated rings. The predicted molar refractivity (Wildman–Crippen MR) is 76.9 cm³/mol.